The highest BCUT2D eigenvalue weighted by Crippen LogP contribution is 2.37. The molecule has 0 aliphatic carbocycles. The highest BCUT2D eigenvalue weighted by molar-refractivity contribution is 5.91. The van der Waals surface area contributed by atoms with Gasteiger partial charge in [-0.05, 0) is 136 Å². The molecule has 3 aliphatic rings. The van der Waals surface area contributed by atoms with E-state index >= 15 is 0 Å². The van der Waals surface area contributed by atoms with Crippen LogP contribution in [-0.4, -0.2) is 133 Å². The number of nitrogens with one attached hydrogen (secondary N) is 3. The van der Waals surface area contributed by atoms with Crippen molar-refractivity contribution in [2.45, 2.75) is 105 Å². The van der Waals surface area contributed by atoms with Crippen molar-refractivity contribution in [1.29, 1.82) is 0 Å². The Bertz CT molecular complexity index is 3480. The number of piperidine rings is 3. The zero-order valence-electron chi connectivity index (χ0n) is 47.6. The number of halogens is 3. The fourth-order valence-electron chi connectivity index (χ4n) is 11.7. The van der Waals surface area contributed by atoms with Crippen molar-refractivity contribution < 1.29 is 37.1 Å². The van der Waals surface area contributed by atoms with Gasteiger partial charge in [0, 0.05) is 100 Å². The van der Waals surface area contributed by atoms with E-state index < -0.39 is 23.1 Å². The lowest BCUT2D eigenvalue weighted by Crippen LogP contribution is -2.49. The van der Waals surface area contributed by atoms with E-state index in [2.05, 4.69) is 75.2 Å². The van der Waals surface area contributed by atoms with Crippen molar-refractivity contribution in [3.8, 4) is 34.2 Å². The molecule has 9 aromatic heterocycles. The van der Waals surface area contributed by atoms with Crippen molar-refractivity contribution in [2.24, 2.45) is 35.5 Å². The van der Waals surface area contributed by atoms with E-state index in [0.717, 1.165) is 99.0 Å². The SMILES string of the molecule is CC(C)C(C)(O)[C@H]1CCCN(c2ccc(F)c(-c3[nH]nc4ncccc34)n2)C1.CC(C)C(O)[C@@H]1CCCN(c2ccc(F)c(-c3[nH]nc4ncccc34)n2)C1.CC(C)C(O)[C@@H]1CCCN(c2ccc(F)c(-c3[nH]nc4ncccc34)n2)C1.[HH].[HH].[HH].[HH].[HH].[HH]. The Balaban J connectivity index is 0.000000273. The standard InChI is InChI=1S/C21H26FN5O.2C20H24FN5O.6H2/c1-13(2)21(3,28)14-6-5-11-27(12-14)17-9-8-16(22)19(24-17)18-15-7-4-10-23-20(15)26-25-18;2*1-12(2)19(27)13-5-4-10-26(11-13)16-8-7-15(21)18(23-16)17-14-6-3-9-22-20(14)25-24-17;;;;;;/h4,7-10,13-14,28H,5-6,11-12H2,1-3H3,(H,23,25,26);2*3,6-9,12-13,19,27H,4-5,10-11H2,1-2H3,(H,22,24,25);6*1H/t14-,21?;2*13-,19?;;;;;;/m011....../s1. The van der Waals surface area contributed by atoms with E-state index in [9.17, 15) is 28.5 Å². The highest BCUT2D eigenvalue weighted by atomic mass is 19.1. The topological polar surface area (TPSA) is 234 Å². The van der Waals surface area contributed by atoms with Gasteiger partial charge in [-0.15, -0.1) is 0 Å². The van der Waals surface area contributed by atoms with Gasteiger partial charge in [-0.1, -0.05) is 41.5 Å². The minimum Gasteiger partial charge on any atom is -0.393 e. The summed E-state index contributed by atoms with van der Waals surface area (Å²) in [5.74, 6) is 2.11. The second-order valence-electron chi connectivity index (χ2n) is 23.3. The average molecular weight is 1130 g/mol. The van der Waals surface area contributed by atoms with Crippen LogP contribution in [0.3, 0.4) is 0 Å². The molecule has 444 valence electrons. The summed E-state index contributed by atoms with van der Waals surface area (Å²) in [6.45, 7) is 18.9. The third-order valence-corrected chi connectivity index (χ3v) is 16.8. The van der Waals surface area contributed by atoms with Gasteiger partial charge < -0.3 is 30.0 Å². The summed E-state index contributed by atoms with van der Waals surface area (Å²) in [7, 11) is 0. The van der Waals surface area contributed by atoms with Crippen molar-refractivity contribution in [2.75, 3.05) is 54.0 Å². The van der Waals surface area contributed by atoms with E-state index in [4.69, 9.17) is 0 Å². The molecular weight excluding hydrogens is 1050 g/mol. The first-order chi connectivity index (χ1) is 39.5. The van der Waals surface area contributed by atoms with Gasteiger partial charge in [0.05, 0.1) is 34.9 Å². The number of anilines is 3. The normalized spacial score (nSPS) is 19.3. The third-order valence-electron chi connectivity index (χ3n) is 16.8. The molecule has 82 heavy (non-hydrogen) atoms. The molecule has 0 bridgehead atoms. The van der Waals surface area contributed by atoms with Crippen molar-refractivity contribution in [1.82, 2.24) is 60.5 Å². The van der Waals surface area contributed by atoms with Crippen LogP contribution in [0.15, 0.2) is 91.4 Å². The van der Waals surface area contributed by atoms with Crippen molar-refractivity contribution in [3.05, 3.63) is 109 Å². The Kier molecular flexibility index (Phi) is 17.5. The number of hydrogen-bond acceptors (Lipinski definition) is 15. The van der Waals surface area contributed by atoms with Gasteiger partial charge in [0.25, 0.3) is 0 Å². The van der Waals surface area contributed by atoms with Crippen LogP contribution in [0.5, 0.6) is 0 Å². The molecule has 12 rings (SSSR count). The molecule has 3 saturated heterocycles. The van der Waals surface area contributed by atoms with E-state index in [1.807, 2.05) is 66.7 Å². The minimum absolute atomic E-state index is 0. The van der Waals surface area contributed by atoms with E-state index in [0.29, 0.717) is 46.4 Å². The predicted octanol–water partition coefficient (Wildman–Crippen LogP) is 12.0. The Hall–Kier alpha value is -7.62. The van der Waals surface area contributed by atoms with Crippen molar-refractivity contribution in [3.63, 3.8) is 0 Å². The molecule has 6 atom stereocenters. The Morgan fingerprint density at radius 2 is 0.854 bits per heavy atom. The molecule has 18 nitrogen and oxygen atoms in total. The number of hydrogen-bond donors (Lipinski definition) is 6. The number of aromatic amines is 3. The van der Waals surface area contributed by atoms with Crippen LogP contribution in [0.25, 0.3) is 67.3 Å². The van der Waals surface area contributed by atoms with Crippen LogP contribution in [-0.2, 0) is 0 Å². The van der Waals surface area contributed by atoms with Crippen LogP contribution in [0.2, 0.25) is 0 Å². The Morgan fingerprint density at radius 1 is 0.512 bits per heavy atom. The van der Waals surface area contributed by atoms with Gasteiger partial charge in [0.1, 0.15) is 34.5 Å². The molecule has 0 amide bonds. The first-order valence-electron chi connectivity index (χ1n) is 28.7. The molecule has 3 aliphatic heterocycles. The molecule has 12 heterocycles. The van der Waals surface area contributed by atoms with Gasteiger partial charge in [-0.3, -0.25) is 15.3 Å². The second-order valence-corrected chi connectivity index (χ2v) is 23.3. The molecule has 3 fully saturated rings. The maximum atomic E-state index is 14.6. The molecule has 0 spiro atoms. The molecule has 21 heteroatoms. The lowest BCUT2D eigenvalue weighted by molar-refractivity contribution is -0.0462. The van der Waals surface area contributed by atoms with Crippen LogP contribution >= 0.6 is 0 Å². The van der Waals surface area contributed by atoms with Crippen LogP contribution < -0.4 is 14.7 Å². The van der Waals surface area contributed by atoms with E-state index in [-0.39, 0.29) is 73.4 Å². The summed E-state index contributed by atoms with van der Waals surface area (Å²) in [5.41, 5.74) is 3.21. The number of aliphatic hydroxyl groups excluding tert-OH is 2. The van der Waals surface area contributed by atoms with E-state index in [1.54, 1.807) is 55.0 Å². The Morgan fingerprint density at radius 3 is 1.20 bits per heavy atom. The highest BCUT2D eigenvalue weighted by Gasteiger charge is 2.38. The number of pyridine rings is 6. The van der Waals surface area contributed by atoms with E-state index in [1.165, 1.54) is 18.2 Å². The van der Waals surface area contributed by atoms with Crippen LogP contribution in [0.1, 0.15) is 95.6 Å². The number of rotatable bonds is 12. The quantitative estimate of drug-likeness (QED) is 0.0668. The summed E-state index contributed by atoms with van der Waals surface area (Å²) in [6.07, 6.45) is 10.2. The smallest absolute Gasteiger partial charge is 0.181 e. The summed E-state index contributed by atoms with van der Waals surface area (Å²) in [5, 5.41) is 55.1. The third kappa shape index (κ3) is 12.3. The second kappa shape index (κ2) is 24.8. The number of nitrogens with zero attached hydrogens (tertiary/aromatic N) is 12. The number of aromatic nitrogens is 12. The molecule has 0 radical (unpaired) electrons. The summed E-state index contributed by atoms with van der Waals surface area (Å²) in [6, 6.07) is 20.4. The summed E-state index contributed by atoms with van der Waals surface area (Å²) < 4.78 is 43.7. The molecule has 0 aromatic carbocycles. The lowest BCUT2D eigenvalue weighted by Gasteiger charge is -2.43. The van der Waals surface area contributed by atoms with Crippen LogP contribution in [0.4, 0.5) is 30.6 Å². The minimum atomic E-state index is -0.743. The first-order valence-corrected chi connectivity index (χ1v) is 28.7. The average Bonchev–Trinajstić information content (AvgIpc) is 3.63. The lowest BCUT2D eigenvalue weighted by atomic mass is 9.76. The maximum absolute atomic E-state index is 14.6. The monoisotopic (exact) mass is 1130 g/mol. The molecule has 3 unspecified atom stereocenters. The van der Waals surface area contributed by atoms with Gasteiger partial charge in [-0.2, -0.15) is 15.3 Å². The fourth-order valence-corrected chi connectivity index (χ4v) is 11.7. The molecule has 0 saturated carbocycles. The van der Waals surface area contributed by atoms with Gasteiger partial charge >= 0.3 is 0 Å². The van der Waals surface area contributed by atoms with Crippen molar-refractivity contribution >= 4 is 50.6 Å². The summed E-state index contributed by atoms with van der Waals surface area (Å²) in [4.78, 5) is 32.8. The zero-order valence-corrected chi connectivity index (χ0v) is 47.6. The molecule has 6 N–H and O–H groups in total. The maximum Gasteiger partial charge on any atom is 0.181 e. The number of fused-ring (bicyclic) bond motifs is 3. The summed E-state index contributed by atoms with van der Waals surface area (Å²) >= 11 is 0. The zero-order chi connectivity index (χ0) is 57.8. The molecular formula is C61H86F3N15O3. The largest absolute Gasteiger partial charge is 0.393 e. The number of H-pyrrole nitrogens is 3. The van der Waals surface area contributed by atoms with Gasteiger partial charge in [0.2, 0.25) is 0 Å². The predicted molar refractivity (Wildman–Crippen MR) is 326 cm³/mol. The molecule has 9 aromatic rings. The Labute approximate surface area is 484 Å². The van der Waals surface area contributed by atoms with Gasteiger partial charge in [-0.25, -0.2) is 43.1 Å². The first kappa shape index (κ1) is 57.6. The van der Waals surface area contributed by atoms with Crippen LogP contribution in [0, 0.1) is 53.0 Å². The number of aliphatic hydroxyl groups is 3. The fraction of sp³-hybridized carbons (Fsp3) is 0.459. The van der Waals surface area contributed by atoms with Gasteiger partial charge in [0.15, 0.2) is 34.4 Å².